The molecular formula is C16H12BrN5OS. The van der Waals surface area contributed by atoms with Gasteiger partial charge in [-0.15, -0.1) is 5.10 Å². The highest BCUT2D eigenvalue weighted by Gasteiger charge is 2.34. The van der Waals surface area contributed by atoms with Crippen molar-refractivity contribution in [3.05, 3.63) is 63.3 Å². The molecule has 120 valence electrons. The average Bonchev–Trinajstić information content (AvgIpc) is 2.61. The maximum absolute atomic E-state index is 12.7. The maximum atomic E-state index is 12.7. The van der Waals surface area contributed by atoms with Gasteiger partial charge in [0.1, 0.15) is 5.70 Å². The van der Waals surface area contributed by atoms with E-state index in [2.05, 4.69) is 31.3 Å². The van der Waals surface area contributed by atoms with Crippen LogP contribution in [0.5, 0.6) is 0 Å². The number of halogens is 1. The van der Waals surface area contributed by atoms with Crippen LogP contribution in [0.25, 0.3) is 5.70 Å². The number of nitrogens with one attached hydrogen (secondary N) is 1. The van der Waals surface area contributed by atoms with E-state index in [0.29, 0.717) is 10.9 Å². The van der Waals surface area contributed by atoms with Gasteiger partial charge in [0, 0.05) is 15.9 Å². The van der Waals surface area contributed by atoms with Crippen LogP contribution in [0.4, 0.5) is 0 Å². The molecule has 0 fully saturated rings. The number of thioether (sulfide) groups is 1. The van der Waals surface area contributed by atoms with E-state index in [4.69, 9.17) is 4.99 Å². The lowest BCUT2D eigenvalue weighted by atomic mass is 10.1. The number of amidine groups is 1. The fourth-order valence-corrected chi connectivity index (χ4v) is 3.39. The van der Waals surface area contributed by atoms with E-state index in [0.717, 1.165) is 20.7 Å². The summed E-state index contributed by atoms with van der Waals surface area (Å²) in [6, 6.07) is 11.3. The van der Waals surface area contributed by atoms with Crippen molar-refractivity contribution in [3.8, 4) is 0 Å². The largest absolute Gasteiger partial charge is 0.298 e. The standard InChI is InChI=1S/C16H12BrN5OS/c1-24-16-20-15(23)13-10-8-9(17)5-6-11(10)19-14(22(13)21-16)12-4-2-3-7-18-12/h2-8,14H,1H3,(H,20,21,23)/t14-/m0/s1. The summed E-state index contributed by atoms with van der Waals surface area (Å²) in [7, 11) is 0. The number of carbonyl (C=O) groups is 1. The average molecular weight is 402 g/mol. The van der Waals surface area contributed by atoms with Crippen LogP contribution in [0, 0.1) is 0 Å². The number of hydrogen-bond acceptors (Lipinski definition) is 6. The summed E-state index contributed by atoms with van der Waals surface area (Å²) in [5.41, 5.74) is 1.22. The summed E-state index contributed by atoms with van der Waals surface area (Å²) in [5.74, 6) is -0.190. The molecule has 2 aliphatic heterocycles. The second-order valence-corrected chi connectivity index (χ2v) is 6.89. The van der Waals surface area contributed by atoms with Gasteiger partial charge in [-0.3, -0.25) is 20.1 Å². The molecule has 1 aromatic heterocycles. The normalized spacial score (nSPS) is 19.0. The molecule has 3 heterocycles. The Bertz CT molecular complexity index is 976. The Morgan fingerprint density at radius 2 is 2.17 bits per heavy atom. The molecule has 1 amide bonds. The summed E-state index contributed by atoms with van der Waals surface area (Å²) >= 11 is 4.83. The number of amides is 1. The second kappa shape index (κ2) is 6.03. The first kappa shape index (κ1) is 15.3. The van der Waals surface area contributed by atoms with E-state index in [1.807, 2.05) is 42.7 Å². The monoisotopic (exact) mass is 401 g/mol. The van der Waals surface area contributed by atoms with E-state index < -0.39 is 6.17 Å². The number of fused-ring (bicyclic) bond motifs is 2. The molecule has 4 rings (SSSR count). The summed E-state index contributed by atoms with van der Waals surface area (Å²) in [6.07, 6.45) is 3.11. The van der Waals surface area contributed by atoms with Gasteiger partial charge in [-0.2, -0.15) is 0 Å². The van der Waals surface area contributed by atoms with E-state index in [1.165, 1.54) is 11.8 Å². The fourth-order valence-electron chi connectivity index (χ4n) is 2.66. The lowest BCUT2D eigenvalue weighted by Gasteiger charge is -2.33. The Hall–Kier alpha value is -2.19. The highest BCUT2D eigenvalue weighted by atomic mass is 79.9. The number of carbonyl (C=O) groups excluding carboxylic acids is 1. The number of nitrogens with zero attached hydrogens (tertiary/aromatic N) is 4. The van der Waals surface area contributed by atoms with Crippen LogP contribution in [0.1, 0.15) is 11.9 Å². The van der Waals surface area contributed by atoms with Crippen molar-refractivity contribution in [3.63, 3.8) is 0 Å². The molecular weight excluding hydrogens is 390 g/mol. The summed E-state index contributed by atoms with van der Waals surface area (Å²) in [4.78, 5) is 21.9. The maximum Gasteiger partial charge on any atom is 0.276 e. The van der Waals surface area contributed by atoms with E-state index in [-0.39, 0.29) is 5.91 Å². The first-order valence-corrected chi connectivity index (χ1v) is 9.21. The quantitative estimate of drug-likeness (QED) is 0.782. The number of pyridine rings is 1. The van der Waals surface area contributed by atoms with Crippen LogP contribution in [0.2, 0.25) is 0 Å². The minimum absolute atomic E-state index is 0.190. The minimum atomic E-state index is -0.469. The van der Waals surface area contributed by atoms with Gasteiger partial charge in [-0.05, 0) is 36.6 Å². The smallest absolute Gasteiger partial charge is 0.276 e. The van der Waals surface area contributed by atoms with Gasteiger partial charge < -0.3 is 0 Å². The molecule has 1 aromatic carbocycles. The topological polar surface area (TPSA) is 70.0 Å². The zero-order valence-corrected chi connectivity index (χ0v) is 15.0. The highest BCUT2D eigenvalue weighted by Crippen LogP contribution is 2.29. The SMILES string of the molecule is CSC1=NN2C(=c3cc(Br)ccc3=N[C@@H]2c2ccccn2)C(=O)N1. The summed E-state index contributed by atoms with van der Waals surface area (Å²) in [5, 5.41) is 11.1. The van der Waals surface area contributed by atoms with Crippen molar-refractivity contribution in [1.82, 2.24) is 15.3 Å². The zero-order valence-electron chi connectivity index (χ0n) is 12.6. The molecule has 0 aliphatic carbocycles. The van der Waals surface area contributed by atoms with Crippen LogP contribution in [0.3, 0.4) is 0 Å². The van der Waals surface area contributed by atoms with Gasteiger partial charge in [0.25, 0.3) is 5.91 Å². The predicted molar refractivity (Wildman–Crippen MR) is 96.2 cm³/mol. The molecule has 24 heavy (non-hydrogen) atoms. The predicted octanol–water partition coefficient (Wildman–Crippen LogP) is 1.35. The van der Waals surface area contributed by atoms with Crippen LogP contribution in [-0.4, -0.2) is 27.3 Å². The first-order chi connectivity index (χ1) is 11.7. The molecule has 1 atom stereocenters. The second-order valence-electron chi connectivity index (χ2n) is 5.18. The zero-order chi connectivity index (χ0) is 16.7. The van der Waals surface area contributed by atoms with E-state index in [9.17, 15) is 4.79 Å². The van der Waals surface area contributed by atoms with Gasteiger partial charge in [0.2, 0.25) is 0 Å². The fraction of sp³-hybridized carbons (Fsp3) is 0.125. The van der Waals surface area contributed by atoms with Crippen molar-refractivity contribution in [1.29, 1.82) is 0 Å². The molecule has 0 saturated carbocycles. The molecule has 6 nitrogen and oxygen atoms in total. The third-order valence-electron chi connectivity index (χ3n) is 3.72. The van der Waals surface area contributed by atoms with E-state index in [1.54, 1.807) is 11.2 Å². The third-order valence-corrected chi connectivity index (χ3v) is 4.78. The Labute approximate surface area is 150 Å². The van der Waals surface area contributed by atoms with Crippen molar-refractivity contribution < 1.29 is 4.79 Å². The number of aromatic nitrogens is 1. The molecule has 1 N–H and O–H groups in total. The van der Waals surface area contributed by atoms with Crippen LogP contribution < -0.4 is 15.9 Å². The number of hydrogen-bond donors (Lipinski definition) is 1. The lowest BCUT2D eigenvalue weighted by molar-refractivity contribution is -0.116. The van der Waals surface area contributed by atoms with Gasteiger partial charge in [-0.25, -0.2) is 5.01 Å². The molecule has 8 heteroatoms. The Morgan fingerprint density at radius 3 is 2.92 bits per heavy atom. The molecule has 0 unspecified atom stereocenters. The first-order valence-electron chi connectivity index (χ1n) is 7.19. The van der Waals surface area contributed by atoms with Crippen molar-refractivity contribution in [2.24, 2.45) is 10.1 Å². The lowest BCUT2D eigenvalue weighted by Crippen LogP contribution is -2.50. The van der Waals surface area contributed by atoms with Crippen molar-refractivity contribution >= 4 is 44.5 Å². The van der Waals surface area contributed by atoms with Gasteiger partial charge in [-0.1, -0.05) is 33.8 Å². The molecule has 0 radical (unpaired) electrons. The van der Waals surface area contributed by atoms with E-state index >= 15 is 0 Å². The summed E-state index contributed by atoms with van der Waals surface area (Å²) in [6.45, 7) is 0. The van der Waals surface area contributed by atoms with Crippen LogP contribution in [0.15, 0.2) is 57.2 Å². The molecule has 0 saturated heterocycles. The van der Waals surface area contributed by atoms with Crippen molar-refractivity contribution in [2.75, 3.05) is 6.26 Å². The highest BCUT2D eigenvalue weighted by molar-refractivity contribution is 9.10. The summed E-state index contributed by atoms with van der Waals surface area (Å²) < 4.78 is 0.882. The Morgan fingerprint density at radius 1 is 1.29 bits per heavy atom. The number of rotatable bonds is 1. The molecule has 2 aromatic rings. The van der Waals surface area contributed by atoms with Crippen molar-refractivity contribution in [2.45, 2.75) is 6.17 Å². The van der Waals surface area contributed by atoms with Crippen LogP contribution in [-0.2, 0) is 4.79 Å². The molecule has 0 spiro atoms. The molecule has 0 bridgehead atoms. The van der Waals surface area contributed by atoms with Gasteiger partial charge in [0.05, 0.1) is 11.1 Å². The minimum Gasteiger partial charge on any atom is -0.298 e. The Kier molecular flexibility index (Phi) is 3.85. The Balaban J connectivity index is 2.02. The van der Waals surface area contributed by atoms with Crippen LogP contribution >= 0.6 is 27.7 Å². The van der Waals surface area contributed by atoms with Gasteiger partial charge in [0.15, 0.2) is 11.3 Å². The third kappa shape index (κ3) is 2.51. The number of hydrazone groups is 1. The van der Waals surface area contributed by atoms with Gasteiger partial charge >= 0.3 is 0 Å². The molecule has 2 aliphatic rings. The number of benzene rings is 1.